The van der Waals surface area contributed by atoms with Gasteiger partial charge in [0, 0.05) is 23.2 Å². The first-order chi connectivity index (χ1) is 11.9. The zero-order valence-electron chi connectivity index (χ0n) is 12.5. The number of H-pyrrole nitrogens is 1. The van der Waals surface area contributed by atoms with E-state index < -0.39 is 17.6 Å². The standard InChI is InChI=1S/C14H10F3N5O3/c15-14(16,17)13-20-11(22-25-13)7-3-4-18-12(23)8(7)5-9-19-10(21-24-9)6-1-2-6/h3-4,6H,1-2,5H2,(H,18,23). The highest BCUT2D eigenvalue weighted by atomic mass is 19.4. The number of pyridine rings is 1. The number of hydrogen-bond donors (Lipinski definition) is 1. The Balaban J connectivity index is 1.70. The number of aromatic amines is 1. The van der Waals surface area contributed by atoms with Crippen LogP contribution in [-0.4, -0.2) is 25.3 Å². The minimum Gasteiger partial charge on any atom is -0.339 e. The fourth-order valence-corrected chi connectivity index (χ4v) is 2.34. The van der Waals surface area contributed by atoms with Crippen molar-refractivity contribution >= 4 is 0 Å². The van der Waals surface area contributed by atoms with Crippen molar-refractivity contribution in [3.05, 3.63) is 45.8 Å². The van der Waals surface area contributed by atoms with Crippen molar-refractivity contribution < 1.29 is 22.2 Å². The molecule has 0 amide bonds. The molecule has 0 bridgehead atoms. The molecule has 11 heteroatoms. The summed E-state index contributed by atoms with van der Waals surface area (Å²) >= 11 is 0. The molecule has 1 aliphatic carbocycles. The first-order valence-corrected chi connectivity index (χ1v) is 7.36. The quantitative estimate of drug-likeness (QED) is 0.766. The smallest absolute Gasteiger partial charge is 0.339 e. The zero-order valence-corrected chi connectivity index (χ0v) is 12.5. The summed E-state index contributed by atoms with van der Waals surface area (Å²) in [5.41, 5.74) is -0.292. The molecule has 1 N–H and O–H groups in total. The lowest BCUT2D eigenvalue weighted by atomic mass is 10.1. The Hall–Kier alpha value is -2.98. The van der Waals surface area contributed by atoms with Crippen LogP contribution >= 0.6 is 0 Å². The maximum absolute atomic E-state index is 12.6. The number of hydrogen-bond acceptors (Lipinski definition) is 7. The maximum Gasteiger partial charge on any atom is 0.471 e. The normalized spacial score (nSPS) is 14.8. The van der Waals surface area contributed by atoms with E-state index in [1.54, 1.807) is 0 Å². The summed E-state index contributed by atoms with van der Waals surface area (Å²) in [6, 6.07) is 1.39. The molecule has 0 unspecified atom stereocenters. The van der Waals surface area contributed by atoms with Crippen molar-refractivity contribution in [3.63, 3.8) is 0 Å². The summed E-state index contributed by atoms with van der Waals surface area (Å²) in [6.07, 6.45) is -1.56. The topological polar surface area (TPSA) is 111 Å². The minimum atomic E-state index is -4.77. The summed E-state index contributed by atoms with van der Waals surface area (Å²) < 4.78 is 47.2. The fourth-order valence-electron chi connectivity index (χ4n) is 2.34. The van der Waals surface area contributed by atoms with Crippen LogP contribution < -0.4 is 5.56 Å². The van der Waals surface area contributed by atoms with Crippen LogP contribution in [0.5, 0.6) is 0 Å². The third kappa shape index (κ3) is 3.04. The molecule has 0 atom stereocenters. The number of aromatic nitrogens is 5. The van der Waals surface area contributed by atoms with Crippen molar-refractivity contribution in [1.82, 2.24) is 25.3 Å². The zero-order chi connectivity index (χ0) is 17.6. The van der Waals surface area contributed by atoms with Crippen molar-refractivity contribution in [2.75, 3.05) is 0 Å². The molecular weight excluding hydrogens is 343 g/mol. The summed E-state index contributed by atoms with van der Waals surface area (Å²) in [7, 11) is 0. The van der Waals surface area contributed by atoms with Crippen molar-refractivity contribution in [2.45, 2.75) is 31.4 Å². The molecular formula is C14H10F3N5O3. The van der Waals surface area contributed by atoms with Crippen LogP contribution in [0.1, 0.15) is 41.9 Å². The second-order valence-electron chi connectivity index (χ2n) is 5.62. The van der Waals surface area contributed by atoms with Gasteiger partial charge in [-0.1, -0.05) is 10.3 Å². The molecule has 1 fully saturated rings. The molecule has 0 spiro atoms. The molecule has 25 heavy (non-hydrogen) atoms. The predicted molar refractivity (Wildman–Crippen MR) is 74.4 cm³/mol. The lowest BCUT2D eigenvalue weighted by Gasteiger charge is -2.02. The van der Waals surface area contributed by atoms with Gasteiger partial charge >= 0.3 is 12.1 Å². The molecule has 0 radical (unpaired) electrons. The highest BCUT2D eigenvalue weighted by Crippen LogP contribution is 2.38. The third-order valence-electron chi connectivity index (χ3n) is 3.73. The van der Waals surface area contributed by atoms with Crippen molar-refractivity contribution in [3.8, 4) is 11.4 Å². The van der Waals surface area contributed by atoms with Gasteiger partial charge in [0.1, 0.15) is 0 Å². The Morgan fingerprint density at radius 2 is 2.00 bits per heavy atom. The van der Waals surface area contributed by atoms with Gasteiger partial charge in [-0.3, -0.25) is 4.79 Å². The second kappa shape index (κ2) is 5.53. The Labute approximate surface area is 137 Å². The van der Waals surface area contributed by atoms with Gasteiger partial charge in [0.15, 0.2) is 5.82 Å². The van der Waals surface area contributed by atoms with Crippen LogP contribution in [0.25, 0.3) is 11.4 Å². The van der Waals surface area contributed by atoms with Gasteiger partial charge in [-0.25, -0.2) is 0 Å². The van der Waals surface area contributed by atoms with Crippen LogP contribution in [0.2, 0.25) is 0 Å². The molecule has 3 aromatic rings. The van der Waals surface area contributed by atoms with Gasteiger partial charge in [-0.15, -0.1) is 0 Å². The first-order valence-electron chi connectivity index (χ1n) is 7.36. The van der Waals surface area contributed by atoms with E-state index in [0.29, 0.717) is 5.82 Å². The molecule has 130 valence electrons. The number of halogens is 3. The lowest BCUT2D eigenvalue weighted by molar-refractivity contribution is -0.159. The Kier molecular flexibility index (Phi) is 3.44. The van der Waals surface area contributed by atoms with Crippen LogP contribution in [0.4, 0.5) is 13.2 Å². The van der Waals surface area contributed by atoms with Gasteiger partial charge in [0.2, 0.25) is 11.7 Å². The molecule has 8 nitrogen and oxygen atoms in total. The van der Waals surface area contributed by atoms with E-state index in [9.17, 15) is 18.0 Å². The van der Waals surface area contributed by atoms with E-state index in [4.69, 9.17) is 4.52 Å². The van der Waals surface area contributed by atoms with E-state index in [0.717, 1.165) is 12.8 Å². The first kappa shape index (κ1) is 15.5. The molecule has 1 saturated carbocycles. The summed E-state index contributed by atoms with van der Waals surface area (Å²) in [5, 5.41) is 7.16. The van der Waals surface area contributed by atoms with Gasteiger partial charge in [0.25, 0.3) is 5.56 Å². The third-order valence-corrected chi connectivity index (χ3v) is 3.73. The average molecular weight is 353 g/mol. The fraction of sp³-hybridized carbons (Fsp3) is 0.357. The van der Waals surface area contributed by atoms with Gasteiger partial charge in [-0.2, -0.15) is 23.1 Å². The molecule has 3 heterocycles. The van der Waals surface area contributed by atoms with E-state index in [-0.39, 0.29) is 35.2 Å². The summed E-state index contributed by atoms with van der Waals surface area (Å²) in [6.45, 7) is 0. The van der Waals surface area contributed by atoms with E-state index in [1.807, 2.05) is 0 Å². The second-order valence-corrected chi connectivity index (χ2v) is 5.62. The summed E-state index contributed by atoms with van der Waals surface area (Å²) in [4.78, 5) is 22.1. The molecule has 3 aromatic heterocycles. The van der Waals surface area contributed by atoms with E-state index in [2.05, 4.69) is 29.8 Å². The molecule has 1 aliphatic rings. The van der Waals surface area contributed by atoms with Crippen LogP contribution in [0, 0.1) is 0 Å². The highest BCUT2D eigenvalue weighted by molar-refractivity contribution is 5.59. The van der Waals surface area contributed by atoms with Gasteiger partial charge in [-0.05, 0) is 18.9 Å². The molecule has 0 aliphatic heterocycles. The van der Waals surface area contributed by atoms with Crippen LogP contribution in [0.15, 0.2) is 26.1 Å². The molecule has 0 saturated heterocycles. The Bertz CT molecular complexity index is 970. The minimum absolute atomic E-state index is 0.0544. The number of alkyl halides is 3. The summed E-state index contributed by atoms with van der Waals surface area (Å²) in [5.74, 6) is -0.780. The number of nitrogens with one attached hydrogen (secondary N) is 1. The van der Waals surface area contributed by atoms with Crippen LogP contribution in [0.3, 0.4) is 0 Å². The lowest BCUT2D eigenvalue weighted by Crippen LogP contribution is -2.14. The molecule has 4 rings (SSSR count). The van der Waals surface area contributed by atoms with Gasteiger partial charge < -0.3 is 14.0 Å². The predicted octanol–water partition coefficient (Wildman–Crippen LogP) is 2.29. The maximum atomic E-state index is 12.6. The Morgan fingerprint density at radius 1 is 1.20 bits per heavy atom. The van der Waals surface area contributed by atoms with E-state index in [1.165, 1.54) is 12.3 Å². The number of nitrogens with zero attached hydrogens (tertiary/aromatic N) is 4. The van der Waals surface area contributed by atoms with Crippen LogP contribution in [-0.2, 0) is 12.6 Å². The van der Waals surface area contributed by atoms with Gasteiger partial charge in [0.05, 0.1) is 6.42 Å². The average Bonchev–Trinajstić information content (AvgIpc) is 3.09. The monoisotopic (exact) mass is 353 g/mol. The van der Waals surface area contributed by atoms with E-state index >= 15 is 0 Å². The van der Waals surface area contributed by atoms with Crippen molar-refractivity contribution in [2.24, 2.45) is 0 Å². The largest absolute Gasteiger partial charge is 0.471 e. The Morgan fingerprint density at radius 3 is 2.68 bits per heavy atom. The number of rotatable bonds is 4. The van der Waals surface area contributed by atoms with Crippen molar-refractivity contribution in [1.29, 1.82) is 0 Å². The highest BCUT2D eigenvalue weighted by Gasteiger charge is 2.38. The molecule has 0 aromatic carbocycles. The SMILES string of the molecule is O=c1[nH]ccc(-c2noc(C(F)(F)F)n2)c1Cc1nc(C2CC2)no1.